The zero-order valence-electron chi connectivity index (χ0n) is 10.5. The van der Waals surface area contributed by atoms with Gasteiger partial charge in [-0.3, -0.25) is 10.1 Å². The molecule has 0 radical (unpaired) electrons. The van der Waals surface area contributed by atoms with Gasteiger partial charge < -0.3 is 5.11 Å². The molecule has 0 amide bonds. The second kappa shape index (κ2) is 5.27. The highest BCUT2D eigenvalue weighted by Crippen LogP contribution is 2.29. The molecule has 1 rings (SSSR count). The molecule has 0 saturated carbocycles. The highest BCUT2D eigenvalue weighted by atomic mass is 16.6. The summed E-state index contributed by atoms with van der Waals surface area (Å²) in [6.07, 6.45) is 0.570. The minimum atomic E-state index is -0.575. The molecule has 1 aromatic carbocycles. The Hall–Kier alpha value is -1.42. The summed E-state index contributed by atoms with van der Waals surface area (Å²) in [6.45, 7) is 5.93. The van der Waals surface area contributed by atoms with E-state index >= 15 is 0 Å². The minimum Gasteiger partial charge on any atom is -0.392 e. The summed E-state index contributed by atoms with van der Waals surface area (Å²) in [6, 6.07) is 6.57. The van der Waals surface area contributed by atoms with Crippen molar-refractivity contribution in [3.05, 3.63) is 39.9 Å². The Morgan fingerprint density at radius 3 is 2.53 bits per heavy atom. The third-order valence-electron chi connectivity index (χ3n) is 3.41. The molecule has 0 aliphatic carbocycles. The van der Waals surface area contributed by atoms with Gasteiger partial charge in [0.25, 0.3) is 5.69 Å². The fraction of sp³-hybridized carbons (Fsp3) is 0.538. The molecule has 0 heterocycles. The molecule has 0 aliphatic rings. The fourth-order valence-electron chi connectivity index (χ4n) is 1.58. The first kappa shape index (κ1) is 13.6. The third kappa shape index (κ3) is 3.27. The maximum Gasteiger partial charge on any atom is 0.272 e. The van der Waals surface area contributed by atoms with Crippen molar-refractivity contribution in [3.8, 4) is 0 Å². The van der Waals surface area contributed by atoms with Crippen molar-refractivity contribution in [1.29, 1.82) is 0 Å². The van der Waals surface area contributed by atoms with Crippen LogP contribution >= 0.6 is 0 Å². The maximum atomic E-state index is 10.8. The van der Waals surface area contributed by atoms with E-state index in [1.54, 1.807) is 18.2 Å². The van der Waals surface area contributed by atoms with E-state index in [0.29, 0.717) is 12.0 Å². The van der Waals surface area contributed by atoms with Gasteiger partial charge in [-0.25, -0.2) is 0 Å². The molecule has 1 N–H and O–H groups in total. The average molecular weight is 237 g/mol. The molecule has 94 valence electrons. The molecule has 0 saturated heterocycles. The first-order chi connectivity index (χ1) is 7.88. The Bertz CT molecular complexity index is 401. The number of rotatable bonds is 5. The van der Waals surface area contributed by atoms with Gasteiger partial charge >= 0.3 is 0 Å². The van der Waals surface area contributed by atoms with Gasteiger partial charge in [-0.2, -0.15) is 0 Å². The lowest BCUT2D eigenvalue weighted by atomic mass is 9.81. The Balaban J connectivity index is 2.92. The molecular weight excluding hydrogens is 218 g/mol. The van der Waals surface area contributed by atoms with Crippen molar-refractivity contribution in [2.45, 2.75) is 39.7 Å². The van der Waals surface area contributed by atoms with Crippen LogP contribution in [-0.4, -0.2) is 16.1 Å². The summed E-state index contributed by atoms with van der Waals surface area (Å²) in [7, 11) is 0. The van der Waals surface area contributed by atoms with Crippen LogP contribution in [0.2, 0.25) is 0 Å². The topological polar surface area (TPSA) is 63.4 Å². The van der Waals surface area contributed by atoms with E-state index in [4.69, 9.17) is 0 Å². The van der Waals surface area contributed by atoms with E-state index in [-0.39, 0.29) is 11.1 Å². The Morgan fingerprint density at radius 2 is 2.00 bits per heavy atom. The molecule has 4 heteroatoms. The molecule has 1 atom stereocenters. The number of nitro benzene ring substituents is 1. The van der Waals surface area contributed by atoms with Gasteiger partial charge in [-0.05, 0) is 11.8 Å². The van der Waals surface area contributed by atoms with Gasteiger partial charge in [0.15, 0.2) is 0 Å². The van der Waals surface area contributed by atoms with Crippen LogP contribution in [0, 0.1) is 15.5 Å². The number of benzene rings is 1. The molecule has 1 unspecified atom stereocenters. The molecule has 17 heavy (non-hydrogen) atoms. The molecule has 1 aromatic rings. The van der Waals surface area contributed by atoms with Gasteiger partial charge in [0, 0.05) is 18.1 Å². The summed E-state index contributed by atoms with van der Waals surface area (Å²) in [5, 5.41) is 21.0. The van der Waals surface area contributed by atoms with Crippen molar-refractivity contribution < 1.29 is 10.0 Å². The van der Waals surface area contributed by atoms with Gasteiger partial charge in [-0.15, -0.1) is 0 Å². The third-order valence-corrected chi connectivity index (χ3v) is 3.41. The Morgan fingerprint density at radius 1 is 1.41 bits per heavy atom. The van der Waals surface area contributed by atoms with Crippen LogP contribution in [0.5, 0.6) is 0 Å². The van der Waals surface area contributed by atoms with Crippen molar-refractivity contribution in [1.82, 2.24) is 0 Å². The zero-order valence-corrected chi connectivity index (χ0v) is 10.5. The highest BCUT2D eigenvalue weighted by molar-refractivity contribution is 5.40. The van der Waals surface area contributed by atoms with Crippen molar-refractivity contribution >= 4 is 5.69 Å². The Labute approximate surface area is 101 Å². The van der Waals surface area contributed by atoms with Gasteiger partial charge in [0.1, 0.15) is 0 Å². The van der Waals surface area contributed by atoms with Crippen molar-refractivity contribution in [2.75, 3.05) is 0 Å². The first-order valence-electron chi connectivity index (χ1n) is 5.79. The lowest BCUT2D eigenvalue weighted by molar-refractivity contribution is -0.385. The summed E-state index contributed by atoms with van der Waals surface area (Å²) in [5.74, 6) is 0. The van der Waals surface area contributed by atoms with Crippen LogP contribution in [0.1, 0.15) is 32.8 Å². The van der Waals surface area contributed by atoms with Crippen LogP contribution in [0.15, 0.2) is 24.3 Å². The second-order valence-electron chi connectivity index (χ2n) is 4.95. The molecule has 0 bridgehead atoms. The predicted octanol–water partition coefficient (Wildman–Crippen LogP) is 2.93. The molecular formula is C13H19NO3. The first-order valence-corrected chi connectivity index (χ1v) is 5.79. The van der Waals surface area contributed by atoms with E-state index in [1.807, 2.05) is 20.8 Å². The number of hydrogen-bond acceptors (Lipinski definition) is 3. The highest BCUT2D eigenvalue weighted by Gasteiger charge is 2.27. The van der Waals surface area contributed by atoms with Crippen molar-refractivity contribution in [3.63, 3.8) is 0 Å². The lowest BCUT2D eigenvalue weighted by Crippen LogP contribution is -2.30. The number of hydrogen-bond donors (Lipinski definition) is 1. The van der Waals surface area contributed by atoms with Crippen molar-refractivity contribution in [2.24, 2.45) is 5.41 Å². The van der Waals surface area contributed by atoms with Crippen LogP contribution in [0.3, 0.4) is 0 Å². The smallest absolute Gasteiger partial charge is 0.272 e. The monoisotopic (exact) mass is 237 g/mol. The predicted molar refractivity (Wildman–Crippen MR) is 66.9 cm³/mol. The SMILES string of the molecule is CCC(C)(C)C(O)Cc1ccccc1[N+](=O)[O-]. The standard InChI is InChI=1S/C13H19NO3/c1-4-13(2,3)12(15)9-10-7-5-6-8-11(10)14(16)17/h5-8,12,15H,4,9H2,1-3H3. The number of nitrogens with zero attached hydrogens (tertiary/aromatic N) is 1. The summed E-state index contributed by atoms with van der Waals surface area (Å²) < 4.78 is 0. The van der Waals surface area contributed by atoms with Gasteiger partial charge in [0.05, 0.1) is 11.0 Å². The van der Waals surface area contributed by atoms with Crippen LogP contribution in [0.25, 0.3) is 0 Å². The molecule has 4 nitrogen and oxygen atoms in total. The lowest BCUT2D eigenvalue weighted by Gasteiger charge is -2.29. The second-order valence-corrected chi connectivity index (χ2v) is 4.95. The van der Waals surface area contributed by atoms with E-state index in [2.05, 4.69) is 0 Å². The summed E-state index contributed by atoms with van der Waals surface area (Å²) >= 11 is 0. The number of aliphatic hydroxyl groups excluding tert-OH is 1. The van der Waals surface area contributed by atoms with E-state index in [9.17, 15) is 15.2 Å². The molecule has 0 fully saturated rings. The number of para-hydroxylation sites is 1. The minimum absolute atomic E-state index is 0.0819. The largest absolute Gasteiger partial charge is 0.392 e. The van der Waals surface area contributed by atoms with Gasteiger partial charge in [-0.1, -0.05) is 39.0 Å². The number of aliphatic hydroxyl groups is 1. The van der Waals surface area contributed by atoms with Gasteiger partial charge in [0.2, 0.25) is 0 Å². The summed E-state index contributed by atoms with van der Waals surface area (Å²) in [5.41, 5.74) is 0.439. The maximum absolute atomic E-state index is 10.8. The van der Waals surface area contributed by atoms with E-state index in [0.717, 1.165) is 6.42 Å². The normalized spacial score (nSPS) is 13.4. The molecule has 0 aromatic heterocycles. The molecule has 0 spiro atoms. The zero-order chi connectivity index (χ0) is 13.1. The number of nitro groups is 1. The fourth-order valence-corrected chi connectivity index (χ4v) is 1.58. The van der Waals surface area contributed by atoms with Crippen LogP contribution in [-0.2, 0) is 6.42 Å². The van der Waals surface area contributed by atoms with E-state index in [1.165, 1.54) is 6.07 Å². The van der Waals surface area contributed by atoms with E-state index < -0.39 is 11.0 Å². The quantitative estimate of drug-likeness (QED) is 0.632. The van der Waals surface area contributed by atoms with Crippen LogP contribution < -0.4 is 0 Å². The Kier molecular flexibility index (Phi) is 4.23. The van der Waals surface area contributed by atoms with Crippen LogP contribution in [0.4, 0.5) is 5.69 Å². The average Bonchev–Trinajstić information content (AvgIpc) is 2.29. The summed E-state index contributed by atoms with van der Waals surface area (Å²) in [4.78, 5) is 10.4. The molecule has 0 aliphatic heterocycles.